The van der Waals surface area contributed by atoms with Gasteiger partial charge in [0.15, 0.2) is 5.16 Å². The maximum atomic E-state index is 12.6. The molecule has 0 radical (unpaired) electrons. The molecule has 1 atom stereocenters. The largest absolute Gasteiger partial charge is 0.325 e. The van der Waals surface area contributed by atoms with Crippen molar-refractivity contribution in [2.24, 2.45) is 0 Å². The number of aryl methyl sites for hydroxylation is 1. The number of carbonyl (C=O) groups is 1. The molecule has 0 bridgehead atoms. The summed E-state index contributed by atoms with van der Waals surface area (Å²) in [5.74, 6) is 1.40. The van der Waals surface area contributed by atoms with Crippen LogP contribution in [0.5, 0.6) is 0 Å². The number of benzene rings is 1. The summed E-state index contributed by atoms with van der Waals surface area (Å²) in [6.45, 7) is 3.91. The van der Waals surface area contributed by atoms with E-state index < -0.39 is 0 Å². The van der Waals surface area contributed by atoms with E-state index in [0.717, 1.165) is 28.3 Å². The molecule has 126 valence electrons. The monoisotopic (exact) mass is 361 g/mol. The fourth-order valence-corrected chi connectivity index (χ4v) is 4.43. The third-order valence-electron chi connectivity index (χ3n) is 3.88. The molecule has 0 saturated heterocycles. The van der Waals surface area contributed by atoms with Crippen LogP contribution < -0.4 is 10.9 Å². The highest BCUT2D eigenvalue weighted by atomic mass is 32.2. The molecule has 3 rings (SSSR count). The summed E-state index contributed by atoms with van der Waals surface area (Å²) in [4.78, 5) is 32.0. The number of nitrogens with zero attached hydrogens (tertiary/aromatic N) is 1. The van der Waals surface area contributed by atoms with Crippen LogP contribution in [0.3, 0.4) is 0 Å². The molecule has 1 aliphatic rings. The van der Waals surface area contributed by atoms with E-state index in [1.54, 1.807) is 11.8 Å². The number of amides is 1. The van der Waals surface area contributed by atoms with Gasteiger partial charge in [-0.3, -0.25) is 9.59 Å². The molecule has 5 nitrogen and oxygen atoms in total. The predicted molar refractivity (Wildman–Crippen MR) is 99.6 cm³/mol. The van der Waals surface area contributed by atoms with Gasteiger partial charge in [-0.25, -0.2) is 4.98 Å². The van der Waals surface area contributed by atoms with Crippen LogP contribution in [0.4, 0.5) is 5.69 Å². The predicted octanol–water partition coefficient (Wildman–Crippen LogP) is 3.33. The quantitative estimate of drug-likeness (QED) is 0.631. The molecule has 0 aliphatic carbocycles. The summed E-state index contributed by atoms with van der Waals surface area (Å²) < 4.78 is 0. The Morgan fingerprint density at radius 3 is 2.96 bits per heavy atom. The number of carbonyl (C=O) groups excluding carboxylic acids is 1. The number of nitrogens with one attached hydrogen (secondary N) is 2. The van der Waals surface area contributed by atoms with Crippen molar-refractivity contribution in [3.63, 3.8) is 0 Å². The number of hydrogen-bond acceptors (Lipinski definition) is 5. The van der Waals surface area contributed by atoms with Crippen molar-refractivity contribution in [2.75, 3.05) is 5.32 Å². The van der Waals surface area contributed by atoms with Crippen molar-refractivity contribution in [3.05, 3.63) is 51.4 Å². The fraction of sp³-hybridized carbons (Fsp3) is 0.353. The first kappa shape index (κ1) is 17.1. The van der Waals surface area contributed by atoms with Gasteiger partial charge in [0.1, 0.15) is 0 Å². The van der Waals surface area contributed by atoms with Gasteiger partial charge in [-0.15, -0.1) is 0 Å². The van der Waals surface area contributed by atoms with Crippen molar-refractivity contribution in [1.82, 2.24) is 9.97 Å². The summed E-state index contributed by atoms with van der Waals surface area (Å²) in [6, 6.07) is 7.68. The van der Waals surface area contributed by atoms with Gasteiger partial charge in [-0.1, -0.05) is 36.9 Å². The van der Waals surface area contributed by atoms with Gasteiger partial charge < -0.3 is 10.3 Å². The normalized spacial score (nSPS) is 14.2. The third-order valence-corrected chi connectivity index (χ3v) is 6.10. The summed E-state index contributed by atoms with van der Waals surface area (Å²) in [5.41, 5.74) is 3.36. The van der Waals surface area contributed by atoms with Gasteiger partial charge >= 0.3 is 0 Å². The van der Waals surface area contributed by atoms with Crippen LogP contribution in [0.2, 0.25) is 0 Å². The van der Waals surface area contributed by atoms with Crippen LogP contribution in [-0.4, -0.2) is 21.1 Å². The SMILES string of the molecule is CCC(Sc1nc2c(c(=O)[nH]1)CSC2)C(=O)Nc1ccccc1C. The standard InChI is InChI=1S/C17H19N3O2S2/c1-3-14(16(22)18-12-7-5-4-6-10(12)2)24-17-19-13-9-23-8-11(13)15(21)20-17/h4-7,14H,3,8-9H2,1-2H3,(H,18,22)(H,19,20,21). The molecule has 0 fully saturated rings. The third kappa shape index (κ3) is 3.67. The van der Waals surface area contributed by atoms with Gasteiger partial charge in [-0.2, -0.15) is 11.8 Å². The number of hydrogen-bond donors (Lipinski definition) is 2. The van der Waals surface area contributed by atoms with Crippen LogP contribution in [-0.2, 0) is 16.3 Å². The van der Waals surface area contributed by atoms with E-state index in [2.05, 4.69) is 15.3 Å². The van der Waals surface area contributed by atoms with Gasteiger partial charge in [0.05, 0.1) is 10.9 Å². The zero-order valence-electron chi connectivity index (χ0n) is 13.6. The van der Waals surface area contributed by atoms with E-state index in [1.807, 2.05) is 38.1 Å². The highest BCUT2D eigenvalue weighted by Gasteiger charge is 2.23. The Labute approximate surface area is 149 Å². The molecule has 0 spiro atoms. The number of aromatic nitrogens is 2. The summed E-state index contributed by atoms with van der Waals surface area (Å²) in [5, 5.41) is 3.18. The van der Waals surface area contributed by atoms with Gasteiger partial charge in [0, 0.05) is 22.8 Å². The molecular formula is C17H19N3O2S2. The molecule has 2 heterocycles. The summed E-state index contributed by atoms with van der Waals surface area (Å²) >= 11 is 3.00. The minimum Gasteiger partial charge on any atom is -0.325 e. The Kier molecular flexibility index (Phi) is 5.30. The number of anilines is 1. The minimum absolute atomic E-state index is 0.0747. The van der Waals surface area contributed by atoms with Crippen molar-refractivity contribution in [1.29, 1.82) is 0 Å². The average Bonchev–Trinajstić information content (AvgIpc) is 3.03. The van der Waals surface area contributed by atoms with Gasteiger partial charge in [0.2, 0.25) is 5.91 Å². The highest BCUT2D eigenvalue weighted by Crippen LogP contribution is 2.29. The lowest BCUT2D eigenvalue weighted by molar-refractivity contribution is -0.115. The smallest absolute Gasteiger partial charge is 0.255 e. The second-order valence-electron chi connectivity index (χ2n) is 5.61. The van der Waals surface area contributed by atoms with Crippen molar-refractivity contribution in [3.8, 4) is 0 Å². The molecule has 24 heavy (non-hydrogen) atoms. The Bertz CT molecular complexity index is 820. The zero-order valence-corrected chi connectivity index (χ0v) is 15.2. The molecule has 0 saturated carbocycles. The lowest BCUT2D eigenvalue weighted by Gasteiger charge is -2.15. The van der Waals surface area contributed by atoms with Gasteiger partial charge in [-0.05, 0) is 25.0 Å². The maximum Gasteiger partial charge on any atom is 0.255 e. The molecule has 1 aliphatic heterocycles. The van der Waals surface area contributed by atoms with Crippen LogP contribution in [0, 0.1) is 6.92 Å². The first-order valence-electron chi connectivity index (χ1n) is 7.81. The van der Waals surface area contributed by atoms with E-state index in [1.165, 1.54) is 11.8 Å². The number of H-pyrrole nitrogens is 1. The van der Waals surface area contributed by atoms with E-state index in [0.29, 0.717) is 17.3 Å². The van der Waals surface area contributed by atoms with Crippen molar-refractivity contribution in [2.45, 2.75) is 42.2 Å². The van der Waals surface area contributed by atoms with E-state index in [9.17, 15) is 9.59 Å². The Hall–Kier alpha value is -1.73. The molecule has 7 heteroatoms. The summed E-state index contributed by atoms with van der Waals surface area (Å²) in [6.07, 6.45) is 0.651. The second-order valence-corrected chi connectivity index (χ2v) is 7.79. The molecule has 1 amide bonds. The second kappa shape index (κ2) is 7.44. The number of fused-ring (bicyclic) bond motifs is 1. The number of rotatable bonds is 5. The van der Waals surface area contributed by atoms with Crippen molar-refractivity contribution >= 4 is 35.1 Å². The van der Waals surface area contributed by atoms with Gasteiger partial charge in [0.25, 0.3) is 5.56 Å². The van der Waals surface area contributed by atoms with E-state index >= 15 is 0 Å². The molecule has 2 N–H and O–H groups in total. The van der Waals surface area contributed by atoms with Crippen LogP contribution in [0.25, 0.3) is 0 Å². The minimum atomic E-state index is -0.306. The van der Waals surface area contributed by atoms with E-state index in [-0.39, 0.29) is 16.7 Å². The first-order valence-corrected chi connectivity index (χ1v) is 9.85. The van der Waals surface area contributed by atoms with E-state index in [4.69, 9.17) is 0 Å². The number of para-hydroxylation sites is 1. The topological polar surface area (TPSA) is 74.8 Å². The molecule has 1 aromatic carbocycles. The lowest BCUT2D eigenvalue weighted by Crippen LogP contribution is -2.26. The average molecular weight is 361 g/mol. The van der Waals surface area contributed by atoms with Crippen molar-refractivity contribution < 1.29 is 4.79 Å². The Balaban J connectivity index is 1.75. The highest BCUT2D eigenvalue weighted by molar-refractivity contribution is 8.00. The molecular weight excluding hydrogens is 342 g/mol. The first-order chi connectivity index (χ1) is 11.6. The maximum absolute atomic E-state index is 12.6. The van der Waals surface area contributed by atoms with Crippen LogP contribution >= 0.6 is 23.5 Å². The Morgan fingerprint density at radius 1 is 1.42 bits per heavy atom. The zero-order chi connectivity index (χ0) is 17.1. The lowest BCUT2D eigenvalue weighted by atomic mass is 10.2. The number of aromatic amines is 1. The van der Waals surface area contributed by atoms with Crippen LogP contribution in [0.15, 0.2) is 34.2 Å². The molecule has 1 unspecified atom stereocenters. The molecule has 2 aromatic rings. The van der Waals surface area contributed by atoms with Crippen LogP contribution in [0.1, 0.15) is 30.2 Å². The molecule has 1 aromatic heterocycles. The summed E-state index contributed by atoms with van der Waals surface area (Å²) in [7, 11) is 0. The number of thioether (sulfide) groups is 2. The fourth-order valence-electron chi connectivity index (χ4n) is 2.48. The Morgan fingerprint density at radius 2 is 2.21 bits per heavy atom.